The molecule has 2 aromatic rings. The Morgan fingerprint density at radius 3 is 2.70 bits per heavy atom. The van der Waals surface area contributed by atoms with Gasteiger partial charge in [0.1, 0.15) is 0 Å². The van der Waals surface area contributed by atoms with E-state index in [1.807, 2.05) is 18.2 Å². The van der Waals surface area contributed by atoms with Gasteiger partial charge in [0.15, 0.2) is 0 Å². The molecule has 1 aromatic heterocycles. The van der Waals surface area contributed by atoms with Crippen molar-refractivity contribution in [2.24, 2.45) is 5.92 Å². The van der Waals surface area contributed by atoms with Crippen LogP contribution in [0.1, 0.15) is 42.9 Å². The minimum absolute atomic E-state index is 0.440. The summed E-state index contributed by atoms with van der Waals surface area (Å²) in [5.41, 5.74) is 12.1. The molecule has 0 aliphatic heterocycles. The van der Waals surface area contributed by atoms with Crippen LogP contribution in [0.15, 0.2) is 29.8 Å². The van der Waals surface area contributed by atoms with E-state index in [-0.39, 0.29) is 0 Å². The van der Waals surface area contributed by atoms with Gasteiger partial charge in [-0.05, 0) is 55.7 Å². The number of hydrogen-bond donors (Lipinski definition) is 2. The fraction of sp³-hybridized carbons (Fsp3) is 0.381. The SMILES string of the molecule is N#CCCC1=CC2Cc3nc4cc(Cl)ccc4c(N)c3C(C1)C2.O=C(O)C(F)(F)F. The minimum Gasteiger partial charge on any atom is -0.475 e. The van der Waals surface area contributed by atoms with E-state index >= 15 is 0 Å². The Balaban J connectivity index is 0.000000318. The highest BCUT2D eigenvalue weighted by Crippen LogP contribution is 2.47. The second kappa shape index (κ2) is 8.52. The Morgan fingerprint density at radius 2 is 2.07 bits per heavy atom. The number of allylic oxidation sites excluding steroid dienone is 2. The molecule has 0 saturated heterocycles. The maximum absolute atomic E-state index is 10.6. The normalized spacial score (nSPS) is 19.8. The molecule has 2 bridgehead atoms. The Bertz CT molecular complexity index is 1060. The van der Waals surface area contributed by atoms with E-state index in [4.69, 9.17) is 37.5 Å². The molecule has 0 spiro atoms. The van der Waals surface area contributed by atoms with Gasteiger partial charge in [0.2, 0.25) is 0 Å². The van der Waals surface area contributed by atoms with Crippen molar-refractivity contribution >= 4 is 34.2 Å². The number of nitrogens with two attached hydrogens (primary N) is 1. The van der Waals surface area contributed by atoms with Gasteiger partial charge in [0.25, 0.3) is 0 Å². The smallest absolute Gasteiger partial charge is 0.475 e. The molecule has 0 radical (unpaired) electrons. The first-order chi connectivity index (χ1) is 14.1. The average molecular weight is 438 g/mol. The van der Waals surface area contributed by atoms with Crippen molar-refractivity contribution in [3.8, 4) is 6.07 Å². The summed E-state index contributed by atoms with van der Waals surface area (Å²) in [4.78, 5) is 13.8. The molecular formula is C21H19ClF3N3O2. The third-order valence-electron chi connectivity index (χ3n) is 5.34. The summed E-state index contributed by atoms with van der Waals surface area (Å²) in [6.45, 7) is 0. The van der Waals surface area contributed by atoms with Gasteiger partial charge in [-0.15, -0.1) is 0 Å². The number of hydrogen-bond acceptors (Lipinski definition) is 4. The molecule has 9 heteroatoms. The van der Waals surface area contributed by atoms with Gasteiger partial charge in [-0.2, -0.15) is 18.4 Å². The van der Waals surface area contributed by atoms with Crippen molar-refractivity contribution in [1.29, 1.82) is 5.26 Å². The lowest BCUT2D eigenvalue weighted by atomic mass is 9.70. The molecule has 5 nitrogen and oxygen atoms in total. The second-order valence-electron chi connectivity index (χ2n) is 7.43. The number of benzene rings is 1. The molecule has 0 saturated carbocycles. The number of carbonyl (C=O) groups is 1. The van der Waals surface area contributed by atoms with E-state index in [1.165, 1.54) is 11.1 Å². The first-order valence-electron chi connectivity index (χ1n) is 9.34. The highest BCUT2D eigenvalue weighted by molar-refractivity contribution is 6.31. The van der Waals surface area contributed by atoms with E-state index in [0.717, 1.165) is 48.0 Å². The number of aromatic nitrogens is 1. The molecule has 1 heterocycles. The van der Waals surface area contributed by atoms with Crippen molar-refractivity contribution in [1.82, 2.24) is 4.98 Å². The predicted molar refractivity (Wildman–Crippen MR) is 107 cm³/mol. The molecule has 2 aliphatic carbocycles. The summed E-state index contributed by atoms with van der Waals surface area (Å²) in [5, 5.41) is 17.6. The molecule has 158 valence electrons. The van der Waals surface area contributed by atoms with Crippen LogP contribution in [-0.4, -0.2) is 22.2 Å². The number of carboxylic acids is 1. The number of carboxylic acid groups (broad SMARTS) is 1. The lowest BCUT2D eigenvalue weighted by Gasteiger charge is -2.36. The van der Waals surface area contributed by atoms with Crippen LogP contribution in [0.3, 0.4) is 0 Å². The van der Waals surface area contributed by atoms with Gasteiger partial charge in [0.05, 0.1) is 11.6 Å². The van der Waals surface area contributed by atoms with Gasteiger partial charge in [-0.25, -0.2) is 4.79 Å². The topological polar surface area (TPSA) is 100 Å². The summed E-state index contributed by atoms with van der Waals surface area (Å²) in [7, 11) is 0. The number of pyridine rings is 1. The number of aliphatic carboxylic acids is 1. The van der Waals surface area contributed by atoms with E-state index in [0.29, 0.717) is 23.3 Å². The van der Waals surface area contributed by atoms with Crippen molar-refractivity contribution in [3.63, 3.8) is 0 Å². The molecule has 2 atom stereocenters. The molecule has 3 N–H and O–H groups in total. The number of nitriles is 1. The monoisotopic (exact) mass is 437 g/mol. The Labute approximate surface area is 176 Å². The Morgan fingerprint density at radius 1 is 1.37 bits per heavy atom. The van der Waals surface area contributed by atoms with Crippen molar-refractivity contribution in [2.75, 3.05) is 5.73 Å². The number of nitrogens with zero attached hydrogens (tertiary/aromatic N) is 2. The van der Waals surface area contributed by atoms with E-state index in [1.54, 1.807) is 0 Å². The van der Waals surface area contributed by atoms with Crippen molar-refractivity contribution in [2.45, 2.75) is 44.2 Å². The zero-order valence-corrected chi connectivity index (χ0v) is 16.6. The van der Waals surface area contributed by atoms with Crippen LogP contribution in [0.25, 0.3) is 10.9 Å². The third-order valence-corrected chi connectivity index (χ3v) is 5.57. The highest BCUT2D eigenvalue weighted by atomic mass is 35.5. The summed E-state index contributed by atoms with van der Waals surface area (Å²) >= 11 is 6.10. The molecule has 4 rings (SSSR count). The Hall–Kier alpha value is -2.79. The highest BCUT2D eigenvalue weighted by Gasteiger charge is 2.38. The van der Waals surface area contributed by atoms with Crippen LogP contribution in [0.5, 0.6) is 0 Å². The van der Waals surface area contributed by atoms with Gasteiger partial charge < -0.3 is 10.8 Å². The van der Waals surface area contributed by atoms with Gasteiger partial charge in [0, 0.05) is 33.8 Å². The van der Waals surface area contributed by atoms with Gasteiger partial charge >= 0.3 is 12.1 Å². The molecule has 0 amide bonds. The standard InChI is InChI=1S/C19H18ClN3.C2HF3O2/c20-14-3-4-15-16(10-14)23-17-9-12-6-11(2-1-5-21)7-13(8-12)18(17)19(15)22;3-2(4,5)1(6)7/h3-4,6,10,12-13H,1-2,7-9H2,(H2,22,23);(H,6,7). The zero-order chi connectivity index (χ0) is 22.1. The lowest BCUT2D eigenvalue weighted by molar-refractivity contribution is -0.192. The molecule has 1 aromatic carbocycles. The molecule has 2 unspecified atom stereocenters. The van der Waals surface area contributed by atoms with Crippen LogP contribution in [0.2, 0.25) is 5.02 Å². The molecular weight excluding hydrogens is 419 g/mol. The molecule has 2 aliphatic rings. The van der Waals surface area contributed by atoms with Crippen LogP contribution < -0.4 is 5.73 Å². The van der Waals surface area contributed by atoms with Crippen LogP contribution >= 0.6 is 11.6 Å². The summed E-state index contributed by atoms with van der Waals surface area (Å²) in [6, 6.07) is 7.99. The predicted octanol–water partition coefficient (Wildman–Crippen LogP) is 5.38. The summed E-state index contributed by atoms with van der Waals surface area (Å²) in [5.74, 6) is -1.79. The Kier molecular flexibility index (Phi) is 6.22. The van der Waals surface area contributed by atoms with Crippen LogP contribution in [0.4, 0.5) is 18.9 Å². The minimum atomic E-state index is -5.08. The van der Waals surface area contributed by atoms with E-state index in [2.05, 4.69) is 12.1 Å². The lowest BCUT2D eigenvalue weighted by Crippen LogP contribution is -2.24. The average Bonchev–Trinajstić information content (AvgIpc) is 2.65. The number of fused-ring (bicyclic) bond motifs is 5. The summed E-state index contributed by atoms with van der Waals surface area (Å²) in [6.07, 6.45) is 1.87. The van der Waals surface area contributed by atoms with Crippen LogP contribution in [-0.2, 0) is 11.2 Å². The fourth-order valence-electron chi connectivity index (χ4n) is 4.19. The number of nitrogen functional groups attached to an aromatic ring is 1. The number of halogens is 4. The largest absolute Gasteiger partial charge is 0.490 e. The third kappa shape index (κ3) is 4.68. The van der Waals surface area contributed by atoms with Crippen LogP contribution in [0, 0.1) is 17.2 Å². The first kappa shape index (κ1) is 21.9. The number of rotatable bonds is 2. The number of anilines is 1. The quantitative estimate of drug-likeness (QED) is 0.614. The van der Waals surface area contributed by atoms with E-state index < -0.39 is 12.1 Å². The maximum atomic E-state index is 10.6. The molecule has 0 fully saturated rings. The van der Waals surface area contributed by atoms with Crippen molar-refractivity contribution in [3.05, 3.63) is 46.1 Å². The zero-order valence-electron chi connectivity index (χ0n) is 15.8. The second-order valence-corrected chi connectivity index (χ2v) is 7.87. The van der Waals surface area contributed by atoms with Gasteiger partial charge in [-0.3, -0.25) is 4.98 Å². The van der Waals surface area contributed by atoms with Crippen molar-refractivity contribution < 1.29 is 23.1 Å². The first-order valence-corrected chi connectivity index (χ1v) is 9.72. The van der Waals surface area contributed by atoms with Gasteiger partial charge in [-0.1, -0.05) is 23.3 Å². The summed E-state index contributed by atoms with van der Waals surface area (Å²) < 4.78 is 31.7. The number of alkyl halides is 3. The van der Waals surface area contributed by atoms with E-state index in [9.17, 15) is 13.2 Å². The maximum Gasteiger partial charge on any atom is 0.490 e. The molecule has 30 heavy (non-hydrogen) atoms. The fourth-order valence-corrected chi connectivity index (χ4v) is 4.36.